The van der Waals surface area contributed by atoms with Crippen molar-refractivity contribution in [2.45, 2.75) is 309 Å². The third-order valence-corrected chi connectivity index (χ3v) is 13.1. The lowest BCUT2D eigenvalue weighted by atomic mass is 10.0. The van der Waals surface area contributed by atoms with Crippen LogP contribution in [-0.4, -0.2) is 46.9 Å². The molecular weight excluding hydrogens is 827 g/mol. The van der Waals surface area contributed by atoms with Crippen molar-refractivity contribution in [3.05, 3.63) is 60.8 Å². The zero-order chi connectivity index (χ0) is 48.8. The fourth-order valence-electron chi connectivity index (χ4n) is 8.71. The van der Waals surface area contributed by atoms with Gasteiger partial charge in [-0.3, -0.25) is 9.59 Å². The van der Waals surface area contributed by atoms with Crippen molar-refractivity contribution >= 4 is 11.9 Å². The van der Waals surface area contributed by atoms with Gasteiger partial charge in [-0.05, 0) is 89.9 Å². The van der Waals surface area contributed by atoms with Crippen molar-refractivity contribution in [2.24, 2.45) is 0 Å². The highest BCUT2D eigenvalue weighted by atomic mass is 16.5. The zero-order valence-corrected chi connectivity index (χ0v) is 44.5. The molecule has 390 valence electrons. The van der Waals surface area contributed by atoms with Gasteiger partial charge in [0.1, 0.15) is 6.10 Å². The number of hydrogen-bond donors (Lipinski definition) is 3. The van der Waals surface area contributed by atoms with Crippen LogP contribution in [-0.2, 0) is 14.3 Å². The van der Waals surface area contributed by atoms with E-state index < -0.39 is 18.2 Å². The van der Waals surface area contributed by atoms with E-state index in [1.165, 1.54) is 148 Å². The van der Waals surface area contributed by atoms with Gasteiger partial charge in [-0.15, -0.1) is 0 Å². The van der Waals surface area contributed by atoms with Gasteiger partial charge >= 0.3 is 5.97 Å². The molecule has 0 aromatic heterocycles. The Hall–Kier alpha value is -2.44. The van der Waals surface area contributed by atoms with Crippen molar-refractivity contribution in [2.75, 3.05) is 6.61 Å². The number of aliphatic hydroxyl groups is 2. The molecular formula is C61H111NO5. The predicted molar refractivity (Wildman–Crippen MR) is 292 cm³/mol. The van der Waals surface area contributed by atoms with E-state index in [0.29, 0.717) is 19.3 Å². The van der Waals surface area contributed by atoms with Crippen LogP contribution < -0.4 is 5.32 Å². The Morgan fingerprint density at radius 1 is 0.448 bits per heavy atom. The normalized spacial score (nSPS) is 13.6. The third-order valence-electron chi connectivity index (χ3n) is 13.1. The number of amides is 1. The molecule has 0 heterocycles. The fraction of sp³-hybridized carbons (Fsp3) is 0.803. The Kier molecular flexibility index (Phi) is 52.5. The quantitative estimate of drug-likeness (QED) is 0.0321. The van der Waals surface area contributed by atoms with Gasteiger partial charge in [-0.25, -0.2) is 0 Å². The summed E-state index contributed by atoms with van der Waals surface area (Å²) < 4.78 is 5.96. The van der Waals surface area contributed by atoms with E-state index in [-0.39, 0.29) is 24.9 Å². The Bertz CT molecular complexity index is 1190. The first-order chi connectivity index (χ1) is 33.0. The Labute approximate surface area is 416 Å². The second-order valence-electron chi connectivity index (χ2n) is 19.7. The van der Waals surface area contributed by atoms with Crippen molar-refractivity contribution in [1.29, 1.82) is 0 Å². The molecule has 0 saturated carbocycles. The molecule has 0 spiro atoms. The molecule has 6 heteroatoms. The first kappa shape index (κ1) is 64.6. The molecule has 0 radical (unpaired) electrons. The highest BCUT2D eigenvalue weighted by molar-refractivity contribution is 5.77. The Morgan fingerprint density at radius 3 is 1.25 bits per heavy atom. The minimum atomic E-state index is -0.794. The minimum absolute atomic E-state index is 0.0666. The van der Waals surface area contributed by atoms with Gasteiger partial charge in [-0.1, -0.05) is 248 Å². The lowest BCUT2D eigenvalue weighted by Gasteiger charge is -2.24. The molecule has 0 aromatic carbocycles. The molecule has 0 aliphatic rings. The number of allylic oxidation sites excluding steroid dienone is 10. The summed E-state index contributed by atoms with van der Waals surface area (Å²) in [6, 6.07) is -0.709. The van der Waals surface area contributed by atoms with Crippen LogP contribution in [0.2, 0.25) is 0 Å². The first-order valence-corrected chi connectivity index (χ1v) is 29.0. The van der Waals surface area contributed by atoms with Gasteiger partial charge in [0.15, 0.2) is 0 Å². The summed E-state index contributed by atoms with van der Waals surface area (Å²) in [7, 11) is 0. The van der Waals surface area contributed by atoms with Crippen molar-refractivity contribution in [3.63, 3.8) is 0 Å². The Morgan fingerprint density at radius 2 is 0.806 bits per heavy atom. The molecule has 0 saturated heterocycles. The number of carbonyl (C=O) groups excluding carboxylic acids is 2. The van der Waals surface area contributed by atoms with Crippen molar-refractivity contribution < 1.29 is 24.5 Å². The SMILES string of the molecule is CC/C=C/C/C=C/C/C=C/CCCCCCCCC(=O)OC(CCCCCCCCC/C=C\C/C=C\CCCCC)CC(=O)NC(CO)C(O)CCCCCCCCCCCCCCCCC. The Balaban J connectivity index is 4.59. The van der Waals surface area contributed by atoms with Gasteiger partial charge in [0.2, 0.25) is 5.91 Å². The number of rotatable bonds is 52. The molecule has 0 bridgehead atoms. The maximum absolute atomic E-state index is 13.3. The molecule has 6 nitrogen and oxygen atoms in total. The van der Waals surface area contributed by atoms with Crippen molar-refractivity contribution in [1.82, 2.24) is 5.32 Å². The first-order valence-electron chi connectivity index (χ1n) is 29.0. The van der Waals surface area contributed by atoms with E-state index >= 15 is 0 Å². The number of unbranched alkanes of at least 4 members (excludes halogenated alkanes) is 30. The molecule has 0 fully saturated rings. The summed E-state index contributed by atoms with van der Waals surface area (Å²) in [6.07, 6.45) is 68.5. The van der Waals surface area contributed by atoms with Gasteiger partial charge in [0.05, 0.1) is 25.2 Å². The average molecular weight is 939 g/mol. The van der Waals surface area contributed by atoms with Crippen LogP contribution in [0.25, 0.3) is 0 Å². The summed E-state index contributed by atoms with van der Waals surface area (Å²) in [5.41, 5.74) is 0. The average Bonchev–Trinajstić information content (AvgIpc) is 3.32. The molecule has 3 atom stereocenters. The van der Waals surface area contributed by atoms with Crippen LogP contribution in [0.15, 0.2) is 60.8 Å². The third kappa shape index (κ3) is 49.8. The van der Waals surface area contributed by atoms with Gasteiger partial charge < -0.3 is 20.3 Å². The zero-order valence-electron chi connectivity index (χ0n) is 44.5. The highest BCUT2D eigenvalue weighted by Gasteiger charge is 2.24. The van der Waals surface area contributed by atoms with E-state index in [0.717, 1.165) is 96.3 Å². The maximum Gasteiger partial charge on any atom is 0.306 e. The summed E-state index contributed by atoms with van der Waals surface area (Å²) >= 11 is 0. The summed E-state index contributed by atoms with van der Waals surface area (Å²) in [5, 5.41) is 23.9. The summed E-state index contributed by atoms with van der Waals surface area (Å²) in [6.45, 7) is 6.37. The predicted octanol–water partition coefficient (Wildman–Crippen LogP) is 18.0. The lowest BCUT2D eigenvalue weighted by Crippen LogP contribution is -2.46. The summed E-state index contributed by atoms with van der Waals surface area (Å²) in [4.78, 5) is 26.3. The van der Waals surface area contributed by atoms with Crippen molar-refractivity contribution in [3.8, 4) is 0 Å². The van der Waals surface area contributed by atoms with Crippen LogP contribution in [0.1, 0.15) is 290 Å². The smallest absolute Gasteiger partial charge is 0.306 e. The van der Waals surface area contributed by atoms with Gasteiger partial charge in [-0.2, -0.15) is 0 Å². The number of nitrogens with one attached hydrogen (secondary N) is 1. The van der Waals surface area contributed by atoms with Crippen LogP contribution in [0, 0.1) is 0 Å². The van der Waals surface area contributed by atoms with E-state index in [4.69, 9.17) is 4.74 Å². The van der Waals surface area contributed by atoms with Crippen LogP contribution in [0.5, 0.6) is 0 Å². The highest BCUT2D eigenvalue weighted by Crippen LogP contribution is 2.18. The van der Waals surface area contributed by atoms with Crippen LogP contribution in [0.4, 0.5) is 0 Å². The molecule has 1 amide bonds. The van der Waals surface area contributed by atoms with E-state index in [1.54, 1.807) is 0 Å². The number of aliphatic hydroxyl groups excluding tert-OH is 2. The lowest BCUT2D eigenvalue weighted by molar-refractivity contribution is -0.151. The minimum Gasteiger partial charge on any atom is -0.462 e. The topological polar surface area (TPSA) is 95.9 Å². The standard InChI is InChI=1S/C61H111NO5/c1-4-7-10-13-16-19-22-25-28-30-32-34-37-40-43-46-49-52-57(67-61(66)54-51-48-45-42-39-36-33-29-26-23-20-17-14-11-8-5-2)55-60(65)62-58(56-63)59(64)53-50-47-44-41-38-35-31-27-24-21-18-15-12-9-6-3/h8,11,16-17,19-20,25-26,28-29,57-59,63-64H,4-7,9-10,12-15,18,21-24,27,30-56H2,1-3H3,(H,62,65)/b11-8+,19-16-,20-17+,28-25-,29-26+. The van der Waals surface area contributed by atoms with E-state index in [2.05, 4.69) is 86.8 Å². The molecule has 0 rings (SSSR count). The number of esters is 1. The second kappa shape index (κ2) is 54.5. The maximum atomic E-state index is 13.3. The molecule has 0 aliphatic heterocycles. The monoisotopic (exact) mass is 938 g/mol. The van der Waals surface area contributed by atoms with E-state index in [9.17, 15) is 19.8 Å². The summed E-state index contributed by atoms with van der Waals surface area (Å²) in [5.74, 6) is -0.488. The van der Waals surface area contributed by atoms with E-state index in [1.807, 2.05) is 0 Å². The second-order valence-corrected chi connectivity index (χ2v) is 19.7. The van der Waals surface area contributed by atoms with Crippen LogP contribution >= 0.6 is 0 Å². The molecule has 0 aromatic rings. The van der Waals surface area contributed by atoms with Gasteiger partial charge in [0, 0.05) is 6.42 Å². The number of carbonyl (C=O) groups is 2. The molecule has 0 aliphatic carbocycles. The molecule has 3 N–H and O–H groups in total. The number of ether oxygens (including phenoxy) is 1. The van der Waals surface area contributed by atoms with Gasteiger partial charge in [0.25, 0.3) is 0 Å². The number of hydrogen-bond acceptors (Lipinski definition) is 5. The fourth-order valence-corrected chi connectivity index (χ4v) is 8.71. The van der Waals surface area contributed by atoms with Crippen LogP contribution in [0.3, 0.4) is 0 Å². The molecule has 3 unspecified atom stereocenters. The molecule has 67 heavy (non-hydrogen) atoms. The largest absolute Gasteiger partial charge is 0.462 e.